The summed E-state index contributed by atoms with van der Waals surface area (Å²) in [4.78, 5) is 24.3. The number of carboxylic acids is 1. The van der Waals surface area contributed by atoms with E-state index in [4.69, 9.17) is 14.2 Å². The number of carboxylic acid groups (broad SMARTS) is 1. The first-order valence-electron chi connectivity index (χ1n) is 9.44. The normalized spacial score (nSPS) is 16.1. The van der Waals surface area contributed by atoms with E-state index in [0.29, 0.717) is 17.9 Å². The molecule has 0 spiro atoms. The number of benzene rings is 2. The topological polar surface area (TPSA) is 94.1 Å². The van der Waals surface area contributed by atoms with Gasteiger partial charge in [-0.15, -0.1) is 0 Å². The third kappa shape index (κ3) is 4.99. The third-order valence-corrected chi connectivity index (χ3v) is 5.08. The maximum absolute atomic E-state index is 12.6. The Morgan fingerprint density at radius 3 is 2.72 bits per heavy atom. The van der Waals surface area contributed by atoms with Crippen molar-refractivity contribution in [2.75, 3.05) is 27.4 Å². The molecule has 0 radical (unpaired) electrons. The lowest BCUT2D eigenvalue weighted by atomic mass is 9.95. The zero-order chi connectivity index (χ0) is 20.8. The lowest BCUT2D eigenvalue weighted by Crippen LogP contribution is -2.41. The first-order chi connectivity index (χ1) is 14.0. The third-order valence-electron chi connectivity index (χ3n) is 5.08. The Morgan fingerprint density at radius 1 is 1.21 bits per heavy atom. The molecule has 154 valence electrons. The van der Waals surface area contributed by atoms with Gasteiger partial charge in [-0.3, -0.25) is 9.59 Å². The summed E-state index contributed by atoms with van der Waals surface area (Å²) < 4.78 is 16.2. The van der Waals surface area contributed by atoms with Crippen LogP contribution < -0.4 is 19.5 Å². The quantitative estimate of drug-likeness (QED) is 0.708. The van der Waals surface area contributed by atoms with Crippen molar-refractivity contribution in [2.45, 2.75) is 12.8 Å². The standard InChI is InChI=1S/C22H25NO6/c1-27-18-7-8-20-15(11-18)10-17(13-29-20)21(24)23-12-16(22(25)26)9-14-5-3-4-6-19(14)28-2/h3-8,11,16-17H,9-10,12-13H2,1-2H3,(H,23,24)(H,25,26). The number of para-hydroxylation sites is 1. The minimum atomic E-state index is -0.966. The fourth-order valence-electron chi connectivity index (χ4n) is 3.42. The molecule has 0 aliphatic carbocycles. The molecule has 0 saturated heterocycles. The number of fused-ring (bicyclic) bond motifs is 1. The molecule has 2 atom stereocenters. The highest BCUT2D eigenvalue weighted by Gasteiger charge is 2.28. The van der Waals surface area contributed by atoms with E-state index in [1.165, 1.54) is 0 Å². The summed E-state index contributed by atoms with van der Waals surface area (Å²) in [7, 11) is 3.13. The molecule has 1 amide bonds. The molecule has 2 aromatic rings. The summed E-state index contributed by atoms with van der Waals surface area (Å²) in [5.74, 6) is -0.236. The van der Waals surface area contributed by atoms with Crippen LogP contribution in [0.3, 0.4) is 0 Å². The number of carbonyl (C=O) groups excluding carboxylic acids is 1. The number of hydrogen-bond acceptors (Lipinski definition) is 5. The summed E-state index contributed by atoms with van der Waals surface area (Å²) in [6.45, 7) is 0.295. The first-order valence-corrected chi connectivity index (χ1v) is 9.44. The van der Waals surface area contributed by atoms with Crippen molar-refractivity contribution >= 4 is 11.9 Å². The molecule has 0 fully saturated rings. The van der Waals surface area contributed by atoms with Gasteiger partial charge >= 0.3 is 5.97 Å². The lowest BCUT2D eigenvalue weighted by Gasteiger charge is -2.25. The predicted octanol–water partition coefficient (Wildman–Crippen LogP) is 2.31. The van der Waals surface area contributed by atoms with Crippen LogP contribution >= 0.6 is 0 Å². The molecule has 7 nitrogen and oxygen atoms in total. The van der Waals surface area contributed by atoms with E-state index < -0.39 is 11.9 Å². The second-order valence-electron chi connectivity index (χ2n) is 6.98. The van der Waals surface area contributed by atoms with E-state index >= 15 is 0 Å². The van der Waals surface area contributed by atoms with Gasteiger partial charge in [0.15, 0.2) is 0 Å². The molecule has 0 aromatic heterocycles. The van der Waals surface area contributed by atoms with Gasteiger partial charge in [-0.1, -0.05) is 18.2 Å². The van der Waals surface area contributed by atoms with Gasteiger partial charge in [0.25, 0.3) is 0 Å². The van der Waals surface area contributed by atoms with E-state index in [0.717, 1.165) is 16.9 Å². The summed E-state index contributed by atoms with van der Waals surface area (Å²) in [6.07, 6.45) is 0.781. The molecule has 0 bridgehead atoms. The molecular weight excluding hydrogens is 374 g/mol. The van der Waals surface area contributed by atoms with E-state index in [-0.39, 0.29) is 31.4 Å². The molecule has 2 N–H and O–H groups in total. The van der Waals surface area contributed by atoms with Crippen molar-refractivity contribution in [3.63, 3.8) is 0 Å². The van der Waals surface area contributed by atoms with Gasteiger partial charge in [0.2, 0.25) is 5.91 Å². The van der Waals surface area contributed by atoms with E-state index in [1.807, 2.05) is 36.4 Å². The van der Waals surface area contributed by atoms with Crippen LogP contribution in [-0.4, -0.2) is 44.4 Å². The van der Waals surface area contributed by atoms with E-state index in [1.54, 1.807) is 20.3 Å². The Hall–Kier alpha value is -3.22. The van der Waals surface area contributed by atoms with Crippen LogP contribution in [0, 0.1) is 11.8 Å². The number of nitrogens with one attached hydrogen (secondary N) is 1. The largest absolute Gasteiger partial charge is 0.497 e. The molecule has 7 heteroatoms. The summed E-state index contributed by atoms with van der Waals surface area (Å²) in [6, 6.07) is 12.8. The van der Waals surface area contributed by atoms with Crippen molar-refractivity contribution in [2.24, 2.45) is 11.8 Å². The summed E-state index contributed by atoms with van der Waals surface area (Å²) in [5.41, 5.74) is 1.69. The molecule has 2 unspecified atom stereocenters. The van der Waals surface area contributed by atoms with Crippen molar-refractivity contribution in [1.29, 1.82) is 0 Å². The first kappa shape index (κ1) is 20.5. The smallest absolute Gasteiger partial charge is 0.308 e. The number of amides is 1. The molecule has 1 aliphatic rings. The predicted molar refractivity (Wildman–Crippen MR) is 107 cm³/mol. The van der Waals surface area contributed by atoms with Crippen LogP contribution in [0.5, 0.6) is 17.2 Å². The molecule has 1 heterocycles. The fourth-order valence-corrected chi connectivity index (χ4v) is 3.42. The van der Waals surface area contributed by atoms with Crippen molar-refractivity contribution < 1.29 is 28.9 Å². The second kappa shape index (κ2) is 9.32. The Bertz CT molecular complexity index is 881. The molecule has 29 heavy (non-hydrogen) atoms. The van der Waals surface area contributed by atoms with Crippen LogP contribution in [0.2, 0.25) is 0 Å². The molecule has 0 saturated carbocycles. The van der Waals surface area contributed by atoms with Crippen molar-refractivity contribution in [1.82, 2.24) is 5.32 Å². The zero-order valence-corrected chi connectivity index (χ0v) is 16.5. The SMILES string of the molecule is COc1ccc2c(c1)CC(C(=O)NCC(Cc1ccccc1OC)C(=O)O)CO2. The average molecular weight is 399 g/mol. The van der Waals surface area contributed by atoms with Crippen LogP contribution in [0.15, 0.2) is 42.5 Å². The number of methoxy groups -OCH3 is 2. The summed E-state index contributed by atoms with van der Waals surface area (Å²) in [5, 5.41) is 12.4. The highest BCUT2D eigenvalue weighted by molar-refractivity contribution is 5.80. The maximum atomic E-state index is 12.6. The Balaban J connectivity index is 1.61. The van der Waals surface area contributed by atoms with Crippen LogP contribution in [0.1, 0.15) is 11.1 Å². The van der Waals surface area contributed by atoms with Gasteiger partial charge in [-0.25, -0.2) is 0 Å². The number of aliphatic carboxylic acids is 1. The van der Waals surface area contributed by atoms with Crippen LogP contribution in [-0.2, 0) is 22.4 Å². The van der Waals surface area contributed by atoms with E-state index in [2.05, 4.69) is 5.32 Å². The van der Waals surface area contributed by atoms with Crippen LogP contribution in [0.4, 0.5) is 0 Å². The Labute approximate surface area is 169 Å². The van der Waals surface area contributed by atoms with Gasteiger partial charge < -0.3 is 24.6 Å². The molecule has 2 aromatic carbocycles. The van der Waals surface area contributed by atoms with Gasteiger partial charge in [0, 0.05) is 6.54 Å². The summed E-state index contributed by atoms with van der Waals surface area (Å²) >= 11 is 0. The van der Waals surface area contributed by atoms with Gasteiger partial charge in [0.1, 0.15) is 23.9 Å². The number of hydrogen-bond donors (Lipinski definition) is 2. The van der Waals surface area contributed by atoms with Gasteiger partial charge in [0.05, 0.1) is 26.1 Å². The maximum Gasteiger partial charge on any atom is 0.308 e. The number of rotatable bonds is 8. The second-order valence-corrected chi connectivity index (χ2v) is 6.98. The molecule has 1 aliphatic heterocycles. The minimum absolute atomic E-state index is 0.0354. The molecular formula is C22H25NO6. The Kier molecular flexibility index (Phi) is 6.59. The van der Waals surface area contributed by atoms with Gasteiger partial charge in [-0.05, 0) is 48.2 Å². The van der Waals surface area contributed by atoms with Crippen molar-refractivity contribution in [3.05, 3.63) is 53.6 Å². The average Bonchev–Trinajstić information content (AvgIpc) is 2.75. The monoisotopic (exact) mass is 399 g/mol. The fraction of sp³-hybridized carbons (Fsp3) is 0.364. The zero-order valence-electron chi connectivity index (χ0n) is 16.5. The van der Waals surface area contributed by atoms with Crippen LogP contribution in [0.25, 0.3) is 0 Å². The lowest BCUT2D eigenvalue weighted by molar-refractivity contribution is -0.141. The highest BCUT2D eigenvalue weighted by atomic mass is 16.5. The Morgan fingerprint density at radius 2 is 2.00 bits per heavy atom. The highest BCUT2D eigenvalue weighted by Crippen LogP contribution is 2.30. The minimum Gasteiger partial charge on any atom is -0.497 e. The van der Waals surface area contributed by atoms with Crippen molar-refractivity contribution in [3.8, 4) is 17.2 Å². The number of ether oxygens (including phenoxy) is 3. The number of carbonyl (C=O) groups is 2. The van der Waals surface area contributed by atoms with E-state index in [9.17, 15) is 14.7 Å². The van der Waals surface area contributed by atoms with Gasteiger partial charge in [-0.2, -0.15) is 0 Å². The molecule has 3 rings (SSSR count).